The molecule has 0 heterocycles. The van der Waals surface area contributed by atoms with Crippen LogP contribution in [0.25, 0.3) is 0 Å². The predicted molar refractivity (Wildman–Crippen MR) is 70.1 cm³/mol. The molecule has 4 nitrogen and oxygen atoms in total. The van der Waals surface area contributed by atoms with Crippen molar-refractivity contribution in [1.82, 2.24) is 5.32 Å². The summed E-state index contributed by atoms with van der Waals surface area (Å²) < 4.78 is 13.4. The number of hydrogen-bond donors (Lipinski definition) is 3. The Morgan fingerprint density at radius 3 is 2.61 bits per heavy atom. The molecule has 4 N–H and O–H groups in total. The Bertz CT molecular complexity index is 417. The number of amidine groups is 1. The SMILES string of the molecule is CCC(CC)NCc1cc(F)cc(/C(N)=N/O)c1. The van der Waals surface area contributed by atoms with Crippen molar-refractivity contribution in [1.29, 1.82) is 0 Å². The van der Waals surface area contributed by atoms with Crippen molar-refractivity contribution < 1.29 is 9.60 Å². The number of hydrogen-bond acceptors (Lipinski definition) is 3. The molecule has 0 aliphatic heterocycles. The molecule has 1 aromatic rings. The number of nitrogens with two attached hydrogens (primary N) is 1. The highest BCUT2D eigenvalue weighted by atomic mass is 19.1. The molecule has 0 radical (unpaired) electrons. The number of halogens is 1. The molecule has 0 saturated heterocycles. The van der Waals surface area contributed by atoms with Gasteiger partial charge in [-0.2, -0.15) is 0 Å². The van der Waals surface area contributed by atoms with Crippen LogP contribution in [0.1, 0.15) is 37.8 Å². The highest BCUT2D eigenvalue weighted by Crippen LogP contribution is 2.10. The lowest BCUT2D eigenvalue weighted by Gasteiger charge is -2.15. The van der Waals surface area contributed by atoms with Gasteiger partial charge in [0.05, 0.1) is 0 Å². The highest BCUT2D eigenvalue weighted by Gasteiger charge is 2.07. The molecule has 0 aliphatic carbocycles. The van der Waals surface area contributed by atoms with E-state index in [4.69, 9.17) is 10.9 Å². The van der Waals surface area contributed by atoms with Crippen molar-refractivity contribution in [3.05, 3.63) is 35.1 Å². The standard InChI is InChI=1S/C13H20FN3O/c1-3-12(4-2)16-8-9-5-10(13(15)17-18)7-11(14)6-9/h5-7,12,16,18H,3-4,8H2,1-2H3,(H2,15,17). The topological polar surface area (TPSA) is 70.6 Å². The maximum atomic E-state index is 13.4. The molecule has 1 rings (SSSR count). The van der Waals surface area contributed by atoms with Crippen LogP contribution in [0.5, 0.6) is 0 Å². The van der Waals surface area contributed by atoms with Crippen LogP contribution in [0.15, 0.2) is 23.4 Å². The minimum Gasteiger partial charge on any atom is -0.409 e. The summed E-state index contributed by atoms with van der Waals surface area (Å²) in [5.41, 5.74) is 6.62. The third-order valence-electron chi connectivity index (χ3n) is 2.94. The van der Waals surface area contributed by atoms with Gasteiger partial charge in [0.2, 0.25) is 0 Å². The average Bonchev–Trinajstić information content (AvgIpc) is 2.38. The van der Waals surface area contributed by atoms with Gasteiger partial charge in [0.1, 0.15) is 5.82 Å². The van der Waals surface area contributed by atoms with Crippen LogP contribution in [0.2, 0.25) is 0 Å². The van der Waals surface area contributed by atoms with Crippen molar-refractivity contribution >= 4 is 5.84 Å². The van der Waals surface area contributed by atoms with E-state index < -0.39 is 0 Å². The number of nitrogens with zero attached hydrogens (tertiary/aromatic N) is 1. The molecule has 0 aliphatic rings. The fraction of sp³-hybridized carbons (Fsp3) is 0.462. The Morgan fingerprint density at radius 2 is 2.06 bits per heavy atom. The van der Waals surface area contributed by atoms with Crippen LogP contribution in [-0.4, -0.2) is 17.1 Å². The first-order valence-electron chi connectivity index (χ1n) is 6.11. The van der Waals surface area contributed by atoms with E-state index in [1.165, 1.54) is 12.1 Å². The zero-order chi connectivity index (χ0) is 13.5. The summed E-state index contributed by atoms with van der Waals surface area (Å²) in [7, 11) is 0. The van der Waals surface area contributed by atoms with Gasteiger partial charge in [-0.15, -0.1) is 0 Å². The average molecular weight is 253 g/mol. The molecule has 0 amide bonds. The highest BCUT2D eigenvalue weighted by molar-refractivity contribution is 5.97. The number of oxime groups is 1. The lowest BCUT2D eigenvalue weighted by molar-refractivity contribution is 0.318. The van der Waals surface area contributed by atoms with Crippen LogP contribution in [-0.2, 0) is 6.54 Å². The molecular weight excluding hydrogens is 233 g/mol. The largest absolute Gasteiger partial charge is 0.409 e. The monoisotopic (exact) mass is 253 g/mol. The second-order valence-corrected chi connectivity index (χ2v) is 4.23. The molecule has 1 aromatic carbocycles. The summed E-state index contributed by atoms with van der Waals surface area (Å²) in [5, 5.41) is 14.8. The van der Waals surface area contributed by atoms with Crippen LogP contribution < -0.4 is 11.1 Å². The van der Waals surface area contributed by atoms with E-state index in [0.717, 1.165) is 18.4 Å². The molecule has 0 bridgehead atoms. The number of nitrogens with one attached hydrogen (secondary N) is 1. The molecular formula is C13H20FN3O. The molecule has 0 unspecified atom stereocenters. The van der Waals surface area contributed by atoms with Gasteiger partial charge in [0, 0.05) is 18.2 Å². The molecule has 0 saturated carbocycles. The molecule has 100 valence electrons. The van der Waals surface area contributed by atoms with Gasteiger partial charge >= 0.3 is 0 Å². The lowest BCUT2D eigenvalue weighted by Crippen LogP contribution is -2.27. The molecule has 0 spiro atoms. The van der Waals surface area contributed by atoms with E-state index in [9.17, 15) is 4.39 Å². The Morgan fingerprint density at radius 1 is 1.39 bits per heavy atom. The van der Waals surface area contributed by atoms with Crippen LogP contribution in [0.3, 0.4) is 0 Å². The van der Waals surface area contributed by atoms with Crippen molar-refractivity contribution in [3.8, 4) is 0 Å². The first kappa shape index (κ1) is 14.4. The summed E-state index contributed by atoms with van der Waals surface area (Å²) in [5.74, 6) is -0.473. The summed E-state index contributed by atoms with van der Waals surface area (Å²) in [4.78, 5) is 0. The van der Waals surface area contributed by atoms with E-state index >= 15 is 0 Å². The van der Waals surface area contributed by atoms with Crippen molar-refractivity contribution in [2.24, 2.45) is 10.9 Å². The predicted octanol–water partition coefficient (Wildman–Crippen LogP) is 2.20. The first-order valence-corrected chi connectivity index (χ1v) is 6.11. The quantitative estimate of drug-likeness (QED) is 0.315. The Balaban J connectivity index is 2.80. The van der Waals surface area contributed by atoms with Gasteiger partial charge in [0.25, 0.3) is 0 Å². The van der Waals surface area contributed by atoms with E-state index in [1.54, 1.807) is 6.07 Å². The molecule has 0 fully saturated rings. The van der Waals surface area contributed by atoms with Crippen molar-refractivity contribution in [2.45, 2.75) is 39.3 Å². The van der Waals surface area contributed by atoms with Crippen molar-refractivity contribution in [2.75, 3.05) is 0 Å². The fourth-order valence-corrected chi connectivity index (χ4v) is 1.80. The van der Waals surface area contributed by atoms with Gasteiger partial charge in [-0.05, 0) is 36.6 Å². The summed E-state index contributed by atoms with van der Waals surface area (Å²) in [6.45, 7) is 4.78. The van der Waals surface area contributed by atoms with E-state index in [-0.39, 0.29) is 11.7 Å². The normalized spacial score (nSPS) is 12.1. The van der Waals surface area contributed by atoms with Gasteiger partial charge in [0.15, 0.2) is 5.84 Å². The minimum absolute atomic E-state index is 0.0849. The maximum absolute atomic E-state index is 13.4. The fourth-order valence-electron chi connectivity index (χ4n) is 1.80. The molecule has 0 atom stereocenters. The van der Waals surface area contributed by atoms with E-state index in [0.29, 0.717) is 18.2 Å². The molecule has 0 aromatic heterocycles. The molecule has 18 heavy (non-hydrogen) atoms. The Hall–Kier alpha value is -1.62. The zero-order valence-corrected chi connectivity index (χ0v) is 10.8. The smallest absolute Gasteiger partial charge is 0.170 e. The molecule has 5 heteroatoms. The van der Waals surface area contributed by atoms with Crippen LogP contribution in [0.4, 0.5) is 4.39 Å². The van der Waals surface area contributed by atoms with Gasteiger partial charge in [-0.25, -0.2) is 4.39 Å². The second-order valence-electron chi connectivity index (χ2n) is 4.23. The van der Waals surface area contributed by atoms with Gasteiger partial charge in [-0.1, -0.05) is 19.0 Å². The summed E-state index contributed by atoms with van der Waals surface area (Å²) in [6, 6.07) is 4.83. The zero-order valence-electron chi connectivity index (χ0n) is 10.8. The van der Waals surface area contributed by atoms with Gasteiger partial charge < -0.3 is 16.3 Å². The van der Waals surface area contributed by atoms with E-state index in [2.05, 4.69) is 24.3 Å². The summed E-state index contributed by atoms with van der Waals surface area (Å²) in [6.07, 6.45) is 2.05. The second kappa shape index (κ2) is 6.96. The first-order chi connectivity index (χ1) is 8.60. The Kier molecular flexibility index (Phi) is 5.58. The third kappa shape index (κ3) is 4.00. The van der Waals surface area contributed by atoms with Gasteiger partial charge in [-0.3, -0.25) is 0 Å². The summed E-state index contributed by atoms with van der Waals surface area (Å²) >= 11 is 0. The maximum Gasteiger partial charge on any atom is 0.170 e. The van der Waals surface area contributed by atoms with Crippen molar-refractivity contribution in [3.63, 3.8) is 0 Å². The number of rotatable bonds is 6. The number of benzene rings is 1. The van der Waals surface area contributed by atoms with Crippen LogP contribution in [0, 0.1) is 5.82 Å². The minimum atomic E-state index is -0.388. The lowest BCUT2D eigenvalue weighted by atomic mass is 10.1. The van der Waals surface area contributed by atoms with E-state index in [1.807, 2.05) is 0 Å². The Labute approximate surface area is 107 Å². The van der Waals surface area contributed by atoms with Crippen LogP contribution >= 0.6 is 0 Å². The third-order valence-corrected chi connectivity index (χ3v) is 2.94.